The van der Waals surface area contributed by atoms with E-state index in [0.29, 0.717) is 19.6 Å². The van der Waals surface area contributed by atoms with E-state index in [4.69, 9.17) is 5.73 Å². The second-order valence-electron chi connectivity index (χ2n) is 4.22. The molecule has 0 aromatic rings. The minimum atomic E-state index is -2.07. The summed E-state index contributed by atoms with van der Waals surface area (Å²) in [7, 11) is 0.974. The van der Waals surface area contributed by atoms with Gasteiger partial charge in [-0.25, -0.2) is 4.79 Å². The molecule has 124 valence electrons. The molecule has 0 spiro atoms. The van der Waals surface area contributed by atoms with Crippen molar-refractivity contribution in [1.82, 2.24) is 10.6 Å². The monoisotopic (exact) mass is 309 g/mol. The van der Waals surface area contributed by atoms with E-state index in [1.165, 1.54) is 0 Å². The number of carbonyl (C=O) groups excluding carboxylic acids is 2. The molecule has 0 aliphatic carbocycles. The Kier molecular flexibility index (Phi) is 9.78. The zero-order valence-electron chi connectivity index (χ0n) is 11.7. The summed E-state index contributed by atoms with van der Waals surface area (Å²) < 4.78 is 4.17. The van der Waals surface area contributed by atoms with E-state index in [9.17, 15) is 30.0 Å². The molecule has 0 radical (unpaired) electrons. The smallest absolute Gasteiger partial charge is 0.337 e. The molecule has 0 unspecified atom stereocenters. The molecule has 1 amide bonds. The molecule has 0 fully saturated rings. The molecule has 0 saturated carbocycles. The summed E-state index contributed by atoms with van der Waals surface area (Å²) in [4.78, 5) is 22.5. The SMILES string of the molecule is COC(=O)[C@H](O)[C@@H](O)[C@H](O)[C@H](O)C(=O)NCCNCCN. The highest BCUT2D eigenvalue weighted by molar-refractivity contribution is 5.81. The number of aliphatic hydroxyl groups is 4. The third kappa shape index (κ3) is 6.80. The number of nitrogens with two attached hydrogens (primary N) is 1. The van der Waals surface area contributed by atoms with E-state index in [1.54, 1.807) is 0 Å². The molecule has 0 bridgehead atoms. The minimum Gasteiger partial charge on any atom is -0.467 e. The van der Waals surface area contributed by atoms with E-state index in [-0.39, 0.29) is 6.54 Å². The highest BCUT2D eigenvalue weighted by Gasteiger charge is 2.37. The molecule has 10 nitrogen and oxygen atoms in total. The number of ether oxygens (including phenoxy) is 1. The van der Waals surface area contributed by atoms with Crippen molar-refractivity contribution in [2.45, 2.75) is 24.4 Å². The first-order valence-corrected chi connectivity index (χ1v) is 6.35. The zero-order valence-corrected chi connectivity index (χ0v) is 11.7. The summed E-state index contributed by atoms with van der Waals surface area (Å²) in [6, 6.07) is 0. The first-order chi connectivity index (χ1) is 9.86. The Morgan fingerprint density at radius 3 is 2.14 bits per heavy atom. The summed E-state index contributed by atoms with van der Waals surface area (Å²) in [5.74, 6) is -2.15. The lowest BCUT2D eigenvalue weighted by atomic mass is 10.0. The predicted molar refractivity (Wildman–Crippen MR) is 71.0 cm³/mol. The van der Waals surface area contributed by atoms with Gasteiger partial charge < -0.3 is 41.5 Å². The first-order valence-electron chi connectivity index (χ1n) is 6.35. The van der Waals surface area contributed by atoms with Crippen LogP contribution in [-0.4, -0.2) is 90.0 Å². The number of amides is 1. The number of rotatable bonds is 10. The van der Waals surface area contributed by atoms with Crippen molar-refractivity contribution in [1.29, 1.82) is 0 Å². The maximum absolute atomic E-state index is 11.5. The van der Waals surface area contributed by atoms with Crippen LogP contribution in [0.3, 0.4) is 0 Å². The molecule has 21 heavy (non-hydrogen) atoms. The molecule has 0 aromatic heterocycles. The Labute approximate surface area is 121 Å². The highest BCUT2D eigenvalue weighted by atomic mass is 16.5. The van der Waals surface area contributed by atoms with Gasteiger partial charge in [0.05, 0.1) is 7.11 Å². The molecular weight excluding hydrogens is 286 g/mol. The van der Waals surface area contributed by atoms with Crippen molar-refractivity contribution in [2.75, 3.05) is 33.3 Å². The number of methoxy groups -OCH3 is 1. The molecule has 4 atom stereocenters. The summed E-state index contributed by atoms with van der Waals surface area (Å²) >= 11 is 0. The van der Waals surface area contributed by atoms with Crippen LogP contribution in [0.5, 0.6) is 0 Å². The molecular formula is C11H23N3O7. The van der Waals surface area contributed by atoms with E-state index in [1.807, 2.05) is 0 Å². The Bertz CT molecular complexity index is 329. The lowest BCUT2D eigenvalue weighted by Crippen LogP contribution is -2.53. The van der Waals surface area contributed by atoms with Gasteiger partial charge in [-0.05, 0) is 0 Å². The van der Waals surface area contributed by atoms with Crippen LogP contribution < -0.4 is 16.4 Å². The molecule has 0 aliphatic rings. The van der Waals surface area contributed by atoms with Crippen molar-refractivity contribution in [2.24, 2.45) is 5.73 Å². The van der Waals surface area contributed by atoms with Crippen LogP contribution in [0.15, 0.2) is 0 Å². The van der Waals surface area contributed by atoms with Gasteiger partial charge in [-0.2, -0.15) is 0 Å². The van der Waals surface area contributed by atoms with Gasteiger partial charge in [0.1, 0.15) is 12.2 Å². The van der Waals surface area contributed by atoms with Crippen LogP contribution in [0.1, 0.15) is 0 Å². The van der Waals surface area contributed by atoms with Crippen molar-refractivity contribution in [3.63, 3.8) is 0 Å². The average Bonchev–Trinajstić information content (AvgIpc) is 2.50. The van der Waals surface area contributed by atoms with Crippen LogP contribution >= 0.6 is 0 Å². The largest absolute Gasteiger partial charge is 0.467 e. The Morgan fingerprint density at radius 1 is 1.05 bits per heavy atom. The van der Waals surface area contributed by atoms with Crippen LogP contribution in [0, 0.1) is 0 Å². The Hall–Kier alpha value is -1.30. The Morgan fingerprint density at radius 2 is 1.62 bits per heavy atom. The van der Waals surface area contributed by atoms with Crippen LogP contribution in [0.25, 0.3) is 0 Å². The summed E-state index contributed by atoms with van der Waals surface area (Å²) in [6.45, 7) is 1.56. The minimum absolute atomic E-state index is 0.165. The molecule has 10 heteroatoms. The van der Waals surface area contributed by atoms with E-state index < -0.39 is 36.3 Å². The summed E-state index contributed by atoms with van der Waals surface area (Å²) in [6.07, 6.45) is -8.18. The molecule has 0 aromatic carbocycles. The van der Waals surface area contributed by atoms with Crippen molar-refractivity contribution < 1.29 is 34.8 Å². The highest BCUT2D eigenvalue weighted by Crippen LogP contribution is 2.06. The molecule has 0 aliphatic heterocycles. The van der Waals surface area contributed by atoms with E-state index >= 15 is 0 Å². The number of nitrogens with one attached hydrogen (secondary N) is 2. The zero-order chi connectivity index (χ0) is 16.4. The quantitative estimate of drug-likeness (QED) is 0.154. The van der Waals surface area contributed by atoms with Crippen LogP contribution in [-0.2, 0) is 14.3 Å². The van der Waals surface area contributed by atoms with Gasteiger partial charge in [0.25, 0.3) is 5.91 Å². The van der Waals surface area contributed by atoms with Crippen molar-refractivity contribution in [3.8, 4) is 0 Å². The summed E-state index contributed by atoms with van der Waals surface area (Å²) in [5.41, 5.74) is 5.24. The number of hydrogen-bond acceptors (Lipinski definition) is 9. The topological polar surface area (TPSA) is 174 Å². The lowest BCUT2D eigenvalue weighted by Gasteiger charge is -2.24. The molecule has 0 rings (SSSR count). The standard InChI is InChI=1S/C11H23N3O7/c1-21-11(20)9(18)7(16)6(15)8(17)10(19)14-5-4-13-3-2-12/h6-9,13,15-18H,2-5,12H2,1H3,(H,14,19)/t6-,7-,8-,9+/m0/s1. The maximum atomic E-state index is 11.5. The normalized spacial score (nSPS) is 16.7. The van der Waals surface area contributed by atoms with E-state index in [2.05, 4.69) is 15.4 Å². The maximum Gasteiger partial charge on any atom is 0.337 e. The molecule has 0 heterocycles. The average molecular weight is 309 g/mol. The fourth-order valence-electron chi connectivity index (χ4n) is 1.39. The second kappa shape index (κ2) is 10.4. The van der Waals surface area contributed by atoms with Gasteiger partial charge in [0.15, 0.2) is 12.2 Å². The fraction of sp³-hybridized carbons (Fsp3) is 0.818. The van der Waals surface area contributed by atoms with Gasteiger partial charge in [-0.15, -0.1) is 0 Å². The number of esters is 1. The third-order valence-corrected chi connectivity index (χ3v) is 2.63. The van der Waals surface area contributed by atoms with Gasteiger partial charge >= 0.3 is 5.97 Å². The molecule has 8 N–H and O–H groups in total. The molecule has 0 saturated heterocycles. The lowest BCUT2D eigenvalue weighted by molar-refractivity contribution is -0.169. The van der Waals surface area contributed by atoms with Gasteiger partial charge in [-0.3, -0.25) is 4.79 Å². The van der Waals surface area contributed by atoms with Gasteiger partial charge in [-0.1, -0.05) is 0 Å². The van der Waals surface area contributed by atoms with Crippen LogP contribution in [0.4, 0.5) is 0 Å². The first kappa shape index (κ1) is 19.7. The van der Waals surface area contributed by atoms with Gasteiger partial charge in [0.2, 0.25) is 0 Å². The third-order valence-electron chi connectivity index (χ3n) is 2.63. The Balaban J connectivity index is 4.25. The second-order valence-corrected chi connectivity index (χ2v) is 4.22. The number of aliphatic hydroxyl groups excluding tert-OH is 4. The number of carbonyl (C=O) groups is 2. The van der Waals surface area contributed by atoms with Crippen molar-refractivity contribution in [3.05, 3.63) is 0 Å². The van der Waals surface area contributed by atoms with Crippen molar-refractivity contribution >= 4 is 11.9 Å². The summed E-state index contributed by atoms with van der Waals surface area (Å²) in [5, 5.41) is 43.1. The predicted octanol–water partition coefficient (Wildman–Crippen LogP) is -4.73. The number of hydrogen-bond donors (Lipinski definition) is 7. The van der Waals surface area contributed by atoms with Gasteiger partial charge in [0, 0.05) is 26.2 Å². The van der Waals surface area contributed by atoms with Crippen LogP contribution in [0.2, 0.25) is 0 Å². The fourth-order valence-corrected chi connectivity index (χ4v) is 1.39. The van der Waals surface area contributed by atoms with E-state index in [0.717, 1.165) is 7.11 Å².